The molecule has 1 saturated heterocycles. The molecule has 1 aromatic carbocycles. The number of methoxy groups -OCH3 is 1. The van der Waals surface area contributed by atoms with Gasteiger partial charge in [-0.1, -0.05) is 40.6 Å². The van der Waals surface area contributed by atoms with E-state index < -0.39 is 0 Å². The van der Waals surface area contributed by atoms with Gasteiger partial charge in [-0.15, -0.1) is 0 Å². The topological polar surface area (TPSA) is 90.3 Å². The Kier molecular flexibility index (Phi) is 4.53. The zero-order chi connectivity index (χ0) is 17.1. The number of ether oxygens (including phenoxy) is 1. The van der Waals surface area contributed by atoms with Gasteiger partial charge in [-0.25, -0.2) is 0 Å². The zero-order valence-electron chi connectivity index (χ0n) is 14.0. The molecule has 2 aromatic heterocycles. The van der Waals surface area contributed by atoms with Crippen LogP contribution in [0.25, 0.3) is 11.4 Å². The summed E-state index contributed by atoms with van der Waals surface area (Å²) in [6.45, 7) is 1.83. The number of aromatic nitrogens is 4. The van der Waals surface area contributed by atoms with Crippen LogP contribution < -0.4 is 0 Å². The van der Waals surface area contributed by atoms with Gasteiger partial charge in [0.05, 0.1) is 12.6 Å². The van der Waals surface area contributed by atoms with Crippen molar-refractivity contribution in [3.8, 4) is 11.4 Å². The van der Waals surface area contributed by atoms with Crippen LogP contribution in [0, 0.1) is 0 Å². The highest BCUT2D eigenvalue weighted by Gasteiger charge is 2.32. The molecule has 8 heteroatoms. The molecule has 0 bridgehead atoms. The van der Waals surface area contributed by atoms with Gasteiger partial charge in [0.25, 0.3) is 0 Å². The fraction of sp³-hybridized carbons (Fsp3) is 0.412. The molecule has 1 aliphatic rings. The molecule has 0 aliphatic carbocycles. The van der Waals surface area contributed by atoms with Crippen LogP contribution in [0.5, 0.6) is 0 Å². The highest BCUT2D eigenvalue weighted by molar-refractivity contribution is 5.53. The van der Waals surface area contributed by atoms with Crippen LogP contribution in [0.1, 0.15) is 36.5 Å². The minimum atomic E-state index is 0.0720. The molecule has 0 amide bonds. The number of likely N-dealkylation sites (tertiary alicyclic amines) is 1. The van der Waals surface area contributed by atoms with Crippen LogP contribution in [-0.4, -0.2) is 38.8 Å². The van der Waals surface area contributed by atoms with E-state index in [-0.39, 0.29) is 6.04 Å². The first-order valence-electron chi connectivity index (χ1n) is 8.27. The lowest BCUT2D eigenvalue weighted by Crippen LogP contribution is -2.23. The van der Waals surface area contributed by atoms with Gasteiger partial charge in [0, 0.05) is 12.7 Å². The lowest BCUT2D eigenvalue weighted by molar-refractivity contribution is 0.172. The first-order chi connectivity index (χ1) is 12.3. The minimum Gasteiger partial charge on any atom is -0.377 e. The first-order valence-corrected chi connectivity index (χ1v) is 8.27. The monoisotopic (exact) mass is 341 g/mol. The van der Waals surface area contributed by atoms with E-state index in [1.807, 2.05) is 30.3 Å². The van der Waals surface area contributed by atoms with Crippen molar-refractivity contribution in [1.29, 1.82) is 0 Å². The standard InChI is InChI=1S/C17H19N5O3/c1-23-11-14-18-15(24-20-14)10-22-9-5-8-13(22)17-19-16(21-25-17)12-6-3-2-4-7-12/h2-4,6-7,13H,5,8-11H2,1H3/t13-/m0/s1. The third-order valence-electron chi connectivity index (χ3n) is 4.24. The van der Waals surface area contributed by atoms with Gasteiger partial charge in [0.1, 0.15) is 6.61 Å². The maximum atomic E-state index is 5.53. The lowest BCUT2D eigenvalue weighted by atomic mass is 10.2. The average molecular weight is 341 g/mol. The van der Waals surface area contributed by atoms with Crippen molar-refractivity contribution in [2.75, 3.05) is 13.7 Å². The Morgan fingerprint density at radius 2 is 2.04 bits per heavy atom. The summed E-state index contributed by atoms with van der Waals surface area (Å²) in [6, 6.07) is 9.89. The van der Waals surface area contributed by atoms with Crippen LogP contribution in [0.3, 0.4) is 0 Å². The highest BCUT2D eigenvalue weighted by atomic mass is 16.5. The molecule has 0 radical (unpaired) electrons. The number of hydrogen-bond acceptors (Lipinski definition) is 8. The number of nitrogens with zero attached hydrogens (tertiary/aromatic N) is 5. The van der Waals surface area contributed by atoms with Crippen molar-refractivity contribution in [3.05, 3.63) is 47.9 Å². The Hall–Kier alpha value is -2.58. The fourth-order valence-electron chi connectivity index (χ4n) is 3.09. The van der Waals surface area contributed by atoms with Gasteiger partial charge < -0.3 is 13.8 Å². The molecule has 0 N–H and O–H groups in total. The van der Waals surface area contributed by atoms with E-state index in [0.717, 1.165) is 24.9 Å². The molecule has 25 heavy (non-hydrogen) atoms. The SMILES string of the molecule is COCc1noc(CN2CCC[C@H]2c2nc(-c3ccccc3)no2)n1. The number of rotatable bonds is 6. The third kappa shape index (κ3) is 3.45. The summed E-state index contributed by atoms with van der Waals surface area (Å²) in [4.78, 5) is 11.1. The van der Waals surface area contributed by atoms with Crippen molar-refractivity contribution in [2.24, 2.45) is 0 Å². The van der Waals surface area contributed by atoms with E-state index in [1.54, 1.807) is 7.11 Å². The maximum Gasteiger partial charge on any atom is 0.244 e. The molecule has 3 heterocycles. The van der Waals surface area contributed by atoms with Crippen molar-refractivity contribution < 1.29 is 13.8 Å². The van der Waals surface area contributed by atoms with Crippen LogP contribution in [0.2, 0.25) is 0 Å². The van der Waals surface area contributed by atoms with E-state index in [4.69, 9.17) is 13.8 Å². The summed E-state index contributed by atoms with van der Waals surface area (Å²) in [5, 5.41) is 8.02. The van der Waals surface area contributed by atoms with Gasteiger partial charge in [-0.3, -0.25) is 4.90 Å². The van der Waals surface area contributed by atoms with Gasteiger partial charge in [-0.2, -0.15) is 9.97 Å². The quantitative estimate of drug-likeness (QED) is 0.676. The van der Waals surface area contributed by atoms with E-state index in [1.165, 1.54) is 0 Å². The van der Waals surface area contributed by atoms with Crippen LogP contribution in [0.15, 0.2) is 39.4 Å². The summed E-state index contributed by atoms with van der Waals surface area (Å²) in [5.74, 6) is 2.37. The van der Waals surface area contributed by atoms with Crippen molar-refractivity contribution in [1.82, 2.24) is 25.2 Å². The molecule has 8 nitrogen and oxygen atoms in total. The van der Waals surface area contributed by atoms with Gasteiger partial charge in [0.2, 0.25) is 17.6 Å². The molecule has 130 valence electrons. The van der Waals surface area contributed by atoms with Crippen LogP contribution >= 0.6 is 0 Å². The molecule has 0 spiro atoms. The molecular formula is C17H19N5O3. The molecular weight excluding hydrogens is 322 g/mol. The lowest BCUT2D eigenvalue weighted by Gasteiger charge is -2.18. The van der Waals surface area contributed by atoms with E-state index in [0.29, 0.717) is 36.6 Å². The van der Waals surface area contributed by atoms with Crippen molar-refractivity contribution >= 4 is 0 Å². The van der Waals surface area contributed by atoms with Gasteiger partial charge in [0.15, 0.2) is 5.82 Å². The summed E-state index contributed by atoms with van der Waals surface area (Å²) in [5.41, 5.74) is 0.947. The second-order valence-electron chi connectivity index (χ2n) is 5.99. The van der Waals surface area contributed by atoms with E-state index >= 15 is 0 Å². The minimum absolute atomic E-state index is 0.0720. The van der Waals surface area contributed by atoms with Crippen LogP contribution in [0.4, 0.5) is 0 Å². The summed E-state index contributed by atoms with van der Waals surface area (Å²) in [7, 11) is 1.60. The maximum absolute atomic E-state index is 5.53. The normalized spacial score (nSPS) is 18.0. The average Bonchev–Trinajstić information content (AvgIpc) is 3.37. The smallest absolute Gasteiger partial charge is 0.244 e. The largest absolute Gasteiger partial charge is 0.377 e. The number of hydrogen-bond donors (Lipinski definition) is 0. The Bertz CT molecular complexity index is 817. The predicted molar refractivity (Wildman–Crippen MR) is 87.1 cm³/mol. The molecule has 3 aromatic rings. The Morgan fingerprint density at radius 3 is 2.88 bits per heavy atom. The summed E-state index contributed by atoms with van der Waals surface area (Å²) < 4.78 is 15.8. The van der Waals surface area contributed by atoms with E-state index in [2.05, 4.69) is 25.2 Å². The number of benzene rings is 1. The molecule has 0 saturated carbocycles. The first kappa shape index (κ1) is 15.9. The predicted octanol–water partition coefficient (Wildman–Crippen LogP) is 2.60. The van der Waals surface area contributed by atoms with Gasteiger partial charge in [-0.05, 0) is 19.4 Å². The second-order valence-corrected chi connectivity index (χ2v) is 5.99. The van der Waals surface area contributed by atoms with Gasteiger partial charge >= 0.3 is 0 Å². The van der Waals surface area contributed by atoms with E-state index in [9.17, 15) is 0 Å². The van der Waals surface area contributed by atoms with Crippen molar-refractivity contribution in [3.63, 3.8) is 0 Å². The molecule has 0 unspecified atom stereocenters. The Labute approximate surface area is 144 Å². The molecule has 1 fully saturated rings. The van der Waals surface area contributed by atoms with Crippen LogP contribution in [-0.2, 0) is 17.9 Å². The fourth-order valence-corrected chi connectivity index (χ4v) is 3.09. The second kappa shape index (κ2) is 7.12. The molecule has 1 atom stereocenters. The summed E-state index contributed by atoms with van der Waals surface area (Å²) >= 11 is 0. The van der Waals surface area contributed by atoms with Crippen molar-refractivity contribution in [2.45, 2.75) is 32.0 Å². The molecule has 4 rings (SSSR count). The molecule has 1 aliphatic heterocycles. The zero-order valence-corrected chi connectivity index (χ0v) is 14.0. The Morgan fingerprint density at radius 1 is 1.16 bits per heavy atom. The summed E-state index contributed by atoms with van der Waals surface area (Å²) in [6.07, 6.45) is 2.03. The third-order valence-corrected chi connectivity index (χ3v) is 4.24. The Balaban J connectivity index is 1.48. The highest BCUT2D eigenvalue weighted by Crippen LogP contribution is 2.33.